The van der Waals surface area contributed by atoms with Gasteiger partial charge >= 0.3 is 0 Å². The predicted molar refractivity (Wildman–Crippen MR) is 75.9 cm³/mol. The van der Waals surface area contributed by atoms with E-state index in [4.69, 9.17) is 5.73 Å². The van der Waals surface area contributed by atoms with E-state index in [-0.39, 0.29) is 11.7 Å². The Morgan fingerprint density at radius 2 is 2.21 bits per heavy atom. The monoisotopic (exact) mass is 276 g/mol. The molecule has 2 heterocycles. The summed E-state index contributed by atoms with van der Waals surface area (Å²) in [6.07, 6.45) is 4.91. The van der Waals surface area contributed by atoms with Crippen LogP contribution < -0.4 is 5.73 Å². The first-order valence-electron chi connectivity index (χ1n) is 6.08. The number of rotatable bonds is 1. The molecule has 0 spiro atoms. The normalized spacial score (nSPS) is 15.1. The van der Waals surface area contributed by atoms with E-state index in [9.17, 15) is 9.18 Å². The van der Waals surface area contributed by atoms with Crippen LogP contribution in [0.3, 0.4) is 0 Å². The number of nitrogen functional groups attached to an aromatic ring is 1. The Labute approximate surface area is 114 Å². The van der Waals surface area contributed by atoms with Gasteiger partial charge in [0.05, 0.1) is 5.69 Å². The third-order valence-corrected chi connectivity index (χ3v) is 4.40. The van der Waals surface area contributed by atoms with Crippen molar-refractivity contribution in [2.24, 2.45) is 0 Å². The molecular formula is C14H13FN2OS. The lowest BCUT2D eigenvalue weighted by molar-refractivity contribution is 0.0777. The van der Waals surface area contributed by atoms with Gasteiger partial charge in [0.1, 0.15) is 10.7 Å². The van der Waals surface area contributed by atoms with Crippen LogP contribution in [0.4, 0.5) is 10.1 Å². The molecule has 0 fully saturated rings. The number of hydrogen-bond acceptors (Lipinski definition) is 3. The molecule has 5 heteroatoms. The number of fused-ring (bicyclic) bond motifs is 1. The van der Waals surface area contributed by atoms with Gasteiger partial charge in [-0.1, -0.05) is 12.2 Å². The van der Waals surface area contributed by atoms with Gasteiger partial charge in [0.2, 0.25) is 0 Å². The van der Waals surface area contributed by atoms with Gasteiger partial charge < -0.3 is 10.6 Å². The summed E-state index contributed by atoms with van der Waals surface area (Å²) in [6, 6.07) is 4.43. The maximum atomic E-state index is 13.2. The van der Waals surface area contributed by atoms with Crippen LogP contribution in [0.1, 0.15) is 16.1 Å². The highest BCUT2D eigenvalue weighted by Crippen LogP contribution is 2.35. The maximum Gasteiger partial charge on any atom is 0.266 e. The van der Waals surface area contributed by atoms with Crippen LogP contribution in [0.2, 0.25) is 0 Å². The number of carbonyl (C=O) groups excluding carboxylic acids is 1. The highest BCUT2D eigenvalue weighted by atomic mass is 32.1. The molecule has 2 N–H and O–H groups in total. The molecule has 0 aliphatic carbocycles. The van der Waals surface area contributed by atoms with E-state index in [1.807, 2.05) is 6.08 Å². The standard InChI is InChI=1S/C14H13FN2OS/c15-9-4-5-11-10(8-9)12(16)13(19-11)14(18)17-6-2-1-3-7-17/h1-2,4-5,8H,3,6-7,16H2. The highest BCUT2D eigenvalue weighted by molar-refractivity contribution is 7.21. The highest BCUT2D eigenvalue weighted by Gasteiger charge is 2.22. The first kappa shape index (κ1) is 12.2. The third kappa shape index (κ3) is 2.10. The van der Waals surface area contributed by atoms with E-state index in [0.717, 1.165) is 11.1 Å². The number of nitrogens with zero attached hydrogens (tertiary/aromatic N) is 1. The van der Waals surface area contributed by atoms with E-state index in [1.54, 1.807) is 11.0 Å². The molecule has 1 aliphatic heterocycles. The van der Waals surface area contributed by atoms with Crippen LogP contribution in [-0.4, -0.2) is 23.9 Å². The van der Waals surface area contributed by atoms with Gasteiger partial charge in [-0.15, -0.1) is 11.3 Å². The van der Waals surface area contributed by atoms with E-state index < -0.39 is 0 Å². The molecule has 0 saturated carbocycles. The van der Waals surface area contributed by atoms with Gasteiger partial charge in [-0.2, -0.15) is 0 Å². The minimum absolute atomic E-state index is 0.0662. The van der Waals surface area contributed by atoms with Crippen molar-refractivity contribution in [1.82, 2.24) is 4.90 Å². The Hall–Kier alpha value is -1.88. The van der Waals surface area contributed by atoms with E-state index >= 15 is 0 Å². The molecule has 1 amide bonds. The van der Waals surface area contributed by atoms with Gasteiger partial charge in [-0.25, -0.2) is 4.39 Å². The number of hydrogen-bond donors (Lipinski definition) is 1. The molecule has 19 heavy (non-hydrogen) atoms. The number of amides is 1. The second-order valence-corrected chi connectivity index (χ2v) is 5.55. The van der Waals surface area contributed by atoms with Gasteiger partial charge in [-0.3, -0.25) is 4.79 Å². The molecule has 0 atom stereocenters. The number of anilines is 1. The number of halogens is 1. The molecule has 98 valence electrons. The molecule has 0 unspecified atom stereocenters. The quantitative estimate of drug-likeness (QED) is 0.814. The van der Waals surface area contributed by atoms with E-state index in [2.05, 4.69) is 6.08 Å². The molecule has 1 aromatic heterocycles. The number of benzene rings is 1. The predicted octanol–water partition coefficient (Wildman–Crippen LogP) is 3.02. The Morgan fingerprint density at radius 3 is 2.95 bits per heavy atom. The molecule has 1 aliphatic rings. The minimum atomic E-state index is -0.336. The van der Waals surface area contributed by atoms with Gasteiger partial charge in [0, 0.05) is 23.2 Å². The van der Waals surface area contributed by atoms with Crippen LogP contribution in [0.15, 0.2) is 30.4 Å². The van der Waals surface area contributed by atoms with Crippen molar-refractivity contribution in [3.05, 3.63) is 41.0 Å². The lowest BCUT2D eigenvalue weighted by atomic mass is 10.2. The molecule has 1 aromatic carbocycles. The smallest absolute Gasteiger partial charge is 0.266 e. The summed E-state index contributed by atoms with van der Waals surface area (Å²) in [6.45, 7) is 1.32. The van der Waals surface area contributed by atoms with Gasteiger partial charge in [0.15, 0.2) is 0 Å². The average Bonchev–Trinajstić information content (AvgIpc) is 2.76. The summed E-state index contributed by atoms with van der Waals surface area (Å²) in [5.41, 5.74) is 6.38. The topological polar surface area (TPSA) is 46.3 Å². The largest absolute Gasteiger partial charge is 0.397 e. The first-order chi connectivity index (χ1) is 9.16. The summed E-state index contributed by atoms with van der Waals surface area (Å²) in [5, 5.41) is 0.626. The maximum absolute atomic E-state index is 13.2. The van der Waals surface area contributed by atoms with Gasteiger partial charge in [-0.05, 0) is 24.6 Å². The van der Waals surface area contributed by atoms with Gasteiger partial charge in [0.25, 0.3) is 5.91 Å². The zero-order chi connectivity index (χ0) is 13.4. The van der Waals surface area contributed by atoms with E-state index in [0.29, 0.717) is 29.0 Å². The third-order valence-electron chi connectivity index (χ3n) is 3.23. The fraction of sp³-hybridized carbons (Fsp3) is 0.214. The van der Waals surface area contributed by atoms with Crippen molar-refractivity contribution < 1.29 is 9.18 Å². The summed E-state index contributed by atoms with van der Waals surface area (Å²) in [4.78, 5) is 14.7. The molecule has 3 rings (SSSR count). The van der Waals surface area contributed by atoms with Crippen molar-refractivity contribution in [3.8, 4) is 0 Å². The summed E-state index contributed by atoms with van der Waals surface area (Å²) in [7, 11) is 0. The number of nitrogens with two attached hydrogens (primary N) is 1. The van der Waals surface area contributed by atoms with Crippen molar-refractivity contribution >= 4 is 33.0 Å². The minimum Gasteiger partial charge on any atom is -0.397 e. The Balaban J connectivity index is 2.02. The second kappa shape index (κ2) is 4.66. The van der Waals surface area contributed by atoms with Crippen LogP contribution in [0.5, 0.6) is 0 Å². The fourth-order valence-corrected chi connectivity index (χ4v) is 3.29. The van der Waals surface area contributed by atoms with Crippen molar-refractivity contribution in [2.75, 3.05) is 18.8 Å². The molecule has 0 radical (unpaired) electrons. The van der Waals surface area contributed by atoms with Crippen LogP contribution in [0.25, 0.3) is 10.1 Å². The average molecular weight is 276 g/mol. The molecular weight excluding hydrogens is 263 g/mol. The summed E-state index contributed by atoms with van der Waals surface area (Å²) in [5.74, 6) is -0.402. The Bertz CT molecular complexity index is 677. The number of thiophene rings is 1. The SMILES string of the molecule is Nc1c(C(=O)N2CC=CCC2)sc2ccc(F)cc12. The Kier molecular flexibility index (Phi) is 2.98. The zero-order valence-electron chi connectivity index (χ0n) is 10.2. The van der Waals surface area contributed by atoms with Crippen LogP contribution in [0, 0.1) is 5.82 Å². The van der Waals surface area contributed by atoms with Crippen LogP contribution in [-0.2, 0) is 0 Å². The lowest BCUT2D eigenvalue weighted by Gasteiger charge is -2.22. The number of carbonyl (C=O) groups is 1. The lowest BCUT2D eigenvalue weighted by Crippen LogP contribution is -2.33. The Morgan fingerprint density at radius 1 is 1.37 bits per heavy atom. The molecule has 3 nitrogen and oxygen atoms in total. The second-order valence-electron chi connectivity index (χ2n) is 4.50. The van der Waals surface area contributed by atoms with Crippen molar-refractivity contribution in [1.29, 1.82) is 0 Å². The summed E-state index contributed by atoms with van der Waals surface area (Å²) >= 11 is 1.33. The first-order valence-corrected chi connectivity index (χ1v) is 6.90. The van der Waals surface area contributed by atoms with Crippen molar-refractivity contribution in [2.45, 2.75) is 6.42 Å². The fourth-order valence-electron chi connectivity index (χ4n) is 2.22. The molecule has 2 aromatic rings. The molecule has 0 saturated heterocycles. The molecule has 0 bridgehead atoms. The summed E-state index contributed by atoms with van der Waals surface area (Å²) < 4.78 is 14.1. The zero-order valence-corrected chi connectivity index (χ0v) is 11.0. The van der Waals surface area contributed by atoms with Crippen LogP contribution >= 0.6 is 11.3 Å². The van der Waals surface area contributed by atoms with E-state index in [1.165, 1.54) is 23.5 Å². The van der Waals surface area contributed by atoms with Crippen molar-refractivity contribution in [3.63, 3.8) is 0 Å².